The van der Waals surface area contributed by atoms with E-state index in [-0.39, 0.29) is 18.9 Å². The Bertz CT molecular complexity index is 940. The van der Waals surface area contributed by atoms with E-state index in [0.717, 1.165) is 23.3 Å². The summed E-state index contributed by atoms with van der Waals surface area (Å²) < 4.78 is 31.5. The number of nitrogens with one attached hydrogen (secondary N) is 1. The van der Waals surface area contributed by atoms with Gasteiger partial charge in [0.15, 0.2) is 0 Å². The number of hydrogen-bond donors (Lipinski definition) is 1. The van der Waals surface area contributed by atoms with Gasteiger partial charge in [-0.2, -0.15) is 0 Å². The smallest absolute Gasteiger partial charge is 0.232 e. The Morgan fingerprint density at radius 3 is 2.43 bits per heavy atom. The highest BCUT2D eigenvalue weighted by Crippen LogP contribution is 2.25. The van der Waals surface area contributed by atoms with Crippen molar-refractivity contribution in [2.24, 2.45) is 0 Å². The van der Waals surface area contributed by atoms with Crippen LogP contribution in [0.15, 0.2) is 42.5 Å². The van der Waals surface area contributed by atoms with Crippen molar-refractivity contribution < 1.29 is 17.9 Å². The second-order valence-electron chi connectivity index (χ2n) is 7.35. The number of benzene rings is 2. The maximum absolute atomic E-state index is 12.3. The summed E-state index contributed by atoms with van der Waals surface area (Å²) in [6.45, 7) is 7.01. The molecule has 2 aromatic rings. The van der Waals surface area contributed by atoms with Gasteiger partial charge in [-0.3, -0.25) is 9.10 Å². The molecule has 0 saturated heterocycles. The van der Waals surface area contributed by atoms with Crippen molar-refractivity contribution in [3.8, 4) is 5.75 Å². The van der Waals surface area contributed by atoms with Crippen molar-refractivity contribution in [3.63, 3.8) is 0 Å². The highest BCUT2D eigenvalue weighted by Gasteiger charge is 2.19. The second-order valence-corrected chi connectivity index (χ2v) is 9.26. The van der Waals surface area contributed by atoms with E-state index in [1.165, 1.54) is 16.1 Å². The molecule has 0 heterocycles. The summed E-state index contributed by atoms with van der Waals surface area (Å²) >= 11 is 0. The van der Waals surface area contributed by atoms with Crippen molar-refractivity contribution in [3.05, 3.63) is 59.2 Å². The van der Waals surface area contributed by atoms with Crippen LogP contribution in [0.2, 0.25) is 0 Å². The number of hydrogen-bond acceptors (Lipinski definition) is 4. The van der Waals surface area contributed by atoms with E-state index in [2.05, 4.69) is 12.2 Å². The third kappa shape index (κ3) is 7.06. The topological polar surface area (TPSA) is 75.7 Å². The van der Waals surface area contributed by atoms with Crippen LogP contribution in [-0.4, -0.2) is 40.3 Å². The quantitative estimate of drug-likeness (QED) is 0.551. The van der Waals surface area contributed by atoms with Crippen LogP contribution in [0.1, 0.15) is 36.5 Å². The highest BCUT2D eigenvalue weighted by atomic mass is 32.2. The molecular formula is C23H32N2O4S. The normalized spacial score (nSPS) is 11.2. The lowest BCUT2D eigenvalue weighted by atomic mass is 10.1. The monoisotopic (exact) mass is 432 g/mol. The van der Waals surface area contributed by atoms with Gasteiger partial charge in [0.25, 0.3) is 0 Å². The molecule has 0 fully saturated rings. The number of sulfonamides is 1. The largest absolute Gasteiger partial charge is 0.492 e. The van der Waals surface area contributed by atoms with Gasteiger partial charge >= 0.3 is 0 Å². The molecule has 0 aromatic heterocycles. The Morgan fingerprint density at radius 1 is 1.10 bits per heavy atom. The van der Waals surface area contributed by atoms with Gasteiger partial charge in [0, 0.05) is 13.0 Å². The van der Waals surface area contributed by atoms with Crippen molar-refractivity contribution in [2.75, 3.05) is 30.3 Å². The molecule has 2 aromatic carbocycles. The van der Waals surface area contributed by atoms with Gasteiger partial charge in [0.1, 0.15) is 12.4 Å². The highest BCUT2D eigenvalue weighted by molar-refractivity contribution is 7.92. The van der Waals surface area contributed by atoms with E-state index < -0.39 is 10.0 Å². The van der Waals surface area contributed by atoms with Crippen LogP contribution < -0.4 is 14.4 Å². The zero-order valence-electron chi connectivity index (χ0n) is 18.3. The molecule has 0 spiro atoms. The summed E-state index contributed by atoms with van der Waals surface area (Å²) in [4.78, 5) is 12.1. The molecule has 1 N–H and O–H groups in total. The van der Waals surface area contributed by atoms with Crippen molar-refractivity contribution in [1.82, 2.24) is 5.32 Å². The Hall–Kier alpha value is -2.54. The number of ether oxygens (including phenoxy) is 1. The second kappa shape index (κ2) is 11.0. The third-order valence-electron chi connectivity index (χ3n) is 5.03. The summed E-state index contributed by atoms with van der Waals surface area (Å²) in [6, 6.07) is 13.5. The van der Waals surface area contributed by atoms with Gasteiger partial charge < -0.3 is 10.1 Å². The van der Waals surface area contributed by atoms with Crippen molar-refractivity contribution in [2.45, 2.75) is 40.0 Å². The predicted octanol–water partition coefficient (Wildman–Crippen LogP) is 3.61. The molecule has 0 radical (unpaired) electrons. The predicted molar refractivity (Wildman–Crippen MR) is 122 cm³/mol. The number of carbonyl (C=O) groups is 1. The molecule has 0 saturated carbocycles. The lowest BCUT2D eigenvalue weighted by Crippen LogP contribution is -2.33. The number of rotatable bonds is 11. The first-order valence-corrected chi connectivity index (χ1v) is 12.1. The Morgan fingerprint density at radius 2 is 1.80 bits per heavy atom. The Balaban J connectivity index is 1.78. The lowest BCUT2D eigenvalue weighted by molar-refractivity contribution is -0.121. The van der Waals surface area contributed by atoms with Crippen molar-refractivity contribution >= 4 is 21.6 Å². The molecule has 1 amide bonds. The number of nitrogens with zero attached hydrogens (tertiary/aromatic N) is 1. The van der Waals surface area contributed by atoms with Crippen LogP contribution in [0, 0.1) is 13.8 Å². The van der Waals surface area contributed by atoms with E-state index in [1.54, 1.807) is 6.07 Å². The standard InChI is InChI=1S/C23H32N2O4S/c1-5-20-11-13-21(14-12-20)29-17-15-24-23(26)10-7-16-25(30(4,27)28)22-9-6-8-18(2)19(22)3/h6,8-9,11-14H,5,7,10,15-17H2,1-4H3,(H,24,26). The number of aryl methyl sites for hydroxylation is 2. The van der Waals surface area contributed by atoms with Crippen LogP contribution in [0.3, 0.4) is 0 Å². The zero-order chi connectivity index (χ0) is 22.1. The molecule has 0 unspecified atom stereocenters. The molecule has 0 bridgehead atoms. The molecule has 0 aliphatic carbocycles. The zero-order valence-corrected chi connectivity index (χ0v) is 19.1. The molecule has 6 nitrogen and oxygen atoms in total. The molecule has 30 heavy (non-hydrogen) atoms. The average molecular weight is 433 g/mol. The van der Waals surface area contributed by atoms with Gasteiger partial charge in [-0.05, 0) is 61.6 Å². The van der Waals surface area contributed by atoms with E-state index in [1.807, 2.05) is 50.2 Å². The van der Waals surface area contributed by atoms with Crippen LogP contribution >= 0.6 is 0 Å². The maximum Gasteiger partial charge on any atom is 0.232 e. The van der Waals surface area contributed by atoms with Crippen molar-refractivity contribution in [1.29, 1.82) is 0 Å². The van der Waals surface area contributed by atoms with Crippen LogP contribution in [0.4, 0.5) is 5.69 Å². The van der Waals surface area contributed by atoms with Crippen LogP contribution in [0.5, 0.6) is 5.75 Å². The molecule has 7 heteroatoms. The lowest BCUT2D eigenvalue weighted by Gasteiger charge is -2.24. The first-order valence-electron chi connectivity index (χ1n) is 10.2. The molecule has 2 rings (SSSR count). The SMILES string of the molecule is CCc1ccc(OCCNC(=O)CCCN(c2cccc(C)c2C)S(C)(=O)=O)cc1. The van der Waals surface area contributed by atoms with Gasteiger partial charge in [-0.25, -0.2) is 8.42 Å². The first kappa shape index (κ1) is 23.7. The minimum atomic E-state index is -3.43. The summed E-state index contributed by atoms with van der Waals surface area (Å²) in [5, 5.41) is 2.82. The Labute approximate surface area is 180 Å². The first-order chi connectivity index (χ1) is 14.2. The van der Waals surface area contributed by atoms with Crippen LogP contribution in [0.25, 0.3) is 0 Å². The number of amides is 1. The van der Waals surface area contributed by atoms with Gasteiger partial charge in [-0.15, -0.1) is 0 Å². The van der Waals surface area contributed by atoms with E-state index in [0.29, 0.717) is 25.3 Å². The molecule has 0 atom stereocenters. The fraction of sp³-hybridized carbons (Fsp3) is 0.435. The number of anilines is 1. The minimum absolute atomic E-state index is 0.116. The van der Waals surface area contributed by atoms with Gasteiger partial charge in [0.05, 0.1) is 18.5 Å². The van der Waals surface area contributed by atoms with Crippen LogP contribution in [-0.2, 0) is 21.2 Å². The van der Waals surface area contributed by atoms with E-state index in [9.17, 15) is 13.2 Å². The summed E-state index contributed by atoms with van der Waals surface area (Å²) in [5.41, 5.74) is 3.87. The van der Waals surface area contributed by atoms with Gasteiger partial charge in [0.2, 0.25) is 15.9 Å². The fourth-order valence-corrected chi connectivity index (χ4v) is 4.14. The molecular weight excluding hydrogens is 400 g/mol. The number of carbonyl (C=O) groups excluding carboxylic acids is 1. The third-order valence-corrected chi connectivity index (χ3v) is 6.21. The van der Waals surface area contributed by atoms with Gasteiger partial charge in [-0.1, -0.05) is 31.2 Å². The minimum Gasteiger partial charge on any atom is -0.492 e. The summed E-state index contributed by atoms with van der Waals surface area (Å²) in [7, 11) is -3.43. The summed E-state index contributed by atoms with van der Waals surface area (Å²) in [5.74, 6) is 0.660. The Kier molecular flexibility index (Phi) is 8.72. The molecule has 0 aliphatic rings. The molecule has 0 aliphatic heterocycles. The maximum atomic E-state index is 12.3. The summed E-state index contributed by atoms with van der Waals surface area (Å²) in [6.07, 6.45) is 2.86. The average Bonchev–Trinajstić information content (AvgIpc) is 2.70. The fourth-order valence-electron chi connectivity index (χ4n) is 3.12. The van der Waals surface area contributed by atoms with E-state index >= 15 is 0 Å². The van der Waals surface area contributed by atoms with E-state index in [4.69, 9.17) is 4.74 Å². The molecule has 164 valence electrons.